The lowest BCUT2D eigenvalue weighted by Gasteiger charge is -2.11. The van der Waals surface area contributed by atoms with Crippen LogP contribution in [0, 0.1) is 5.82 Å². The average molecular weight is 409 g/mol. The summed E-state index contributed by atoms with van der Waals surface area (Å²) in [5.74, 6) is 0.659. The van der Waals surface area contributed by atoms with Crippen molar-refractivity contribution >= 4 is 29.9 Å². The van der Waals surface area contributed by atoms with E-state index in [4.69, 9.17) is 4.74 Å². The molecule has 0 spiro atoms. The molecule has 120 valence electrons. The lowest BCUT2D eigenvalue weighted by molar-refractivity contribution is 0.386. The van der Waals surface area contributed by atoms with Crippen LogP contribution in [0.1, 0.15) is 32.3 Å². The molecule has 0 fully saturated rings. The van der Waals surface area contributed by atoms with Gasteiger partial charge in [0.1, 0.15) is 0 Å². The van der Waals surface area contributed by atoms with Crippen LogP contribution in [0.4, 0.5) is 4.39 Å². The van der Waals surface area contributed by atoms with Gasteiger partial charge in [0.25, 0.3) is 0 Å². The van der Waals surface area contributed by atoms with Crippen LogP contribution < -0.4 is 15.4 Å². The van der Waals surface area contributed by atoms with Crippen LogP contribution in [0.15, 0.2) is 23.2 Å². The highest BCUT2D eigenvalue weighted by Crippen LogP contribution is 2.17. The Morgan fingerprint density at radius 1 is 1.29 bits per heavy atom. The van der Waals surface area contributed by atoms with Gasteiger partial charge in [0.15, 0.2) is 17.5 Å². The van der Waals surface area contributed by atoms with Crippen molar-refractivity contribution in [3.63, 3.8) is 0 Å². The normalized spacial score (nSPS) is 10.8. The summed E-state index contributed by atoms with van der Waals surface area (Å²) < 4.78 is 18.5. The maximum absolute atomic E-state index is 13.6. The minimum Gasteiger partial charge on any atom is -0.494 e. The second-order valence-electron chi connectivity index (χ2n) is 4.44. The van der Waals surface area contributed by atoms with Gasteiger partial charge in [0.2, 0.25) is 0 Å². The van der Waals surface area contributed by atoms with Crippen molar-refractivity contribution in [1.82, 2.24) is 10.6 Å². The molecule has 0 heterocycles. The summed E-state index contributed by atoms with van der Waals surface area (Å²) in [7, 11) is 1.46. The first-order chi connectivity index (χ1) is 9.71. The number of hydrogen-bond donors (Lipinski definition) is 2. The molecule has 1 aromatic rings. The lowest BCUT2D eigenvalue weighted by Crippen LogP contribution is -2.37. The summed E-state index contributed by atoms with van der Waals surface area (Å²) in [6.45, 7) is 6.28. The van der Waals surface area contributed by atoms with Gasteiger partial charge in [-0.2, -0.15) is 0 Å². The maximum atomic E-state index is 13.6. The van der Waals surface area contributed by atoms with Gasteiger partial charge in [-0.05, 0) is 31.0 Å². The summed E-state index contributed by atoms with van der Waals surface area (Å²) in [6.07, 6.45) is 2.23. The van der Waals surface area contributed by atoms with Gasteiger partial charge in [-0.3, -0.25) is 0 Å². The Morgan fingerprint density at radius 2 is 2.05 bits per heavy atom. The third kappa shape index (κ3) is 7.50. The molecule has 0 radical (unpaired) electrons. The molecule has 0 saturated carbocycles. The highest BCUT2D eigenvalue weighted by molar-refractivity contribution is 14.0. The van der Waals surface area contributed by atoms with Gasteiger partial charge in [0.05, 0.1) is 13.7 Å². The van der Waals surface area contributed by atoms with E-state index in [1.807, 2.05) is 13.0 Å². The highest BCUT2D eigenvalue weighted by Gasteiger charge is 2.03. The SMILES string of the molecule is CCCCNC(=NCc1ccc(OC)c(F)c1)NCC.I. The Morgan fingerprint density at radius 3 is 2.62 bits per heavy atom. The van der Waals surface area contributed by atoms with Gasteiger partial charge >= 0.3 is 0 Å². The molecule has 0 unspecified atom stereocenters. The van der Waals surface area contributed by atoms with Crippen LogP contribution in [0.3, 0.4) is 0 Å². The number of hydrogen-bond acceptors (Lipinski definition) is 2. The minimum absolute atomic E-state index is 0. The molecule has 6 heteroatoms. The van der Waals surface area contributed by atoms with E-state index < -0.39 is 0 Å². The van der Waals surface area contributed by atoms with Crippen molar-refractivity contribution in [1.29, 1.82) is 0 Å². The van der Waals surface area contributed by atoms with Crippen molar-refractivity contribution in [3.8, 4) is 5.75 Å². The summed E-state index contributed by atoms with van der Waals surface area (Å²) in [4.78, 5) is 4.44. The van der Waals surface area contributed by atoms with Crippen LogP contribution in [-0.4, -0.2) is 26.2 Å². The van der Waals surface area contributed by atoms with E-state index in [1.54, 1.807) is 6.07 Å². The van der Waals surface area contributed by atoms with Crippen LogP contribution in [0.25, 0.3) is 0 Å². The smallest absolute Gasteiger partial charge is 0.191 e. The zero-order valence-electron chi connectivity index (χ0n) is 12.9. The first-order valence-corrected chi connectivity index (χ1v) is 7.05. The van der Waals surface area contributed by atoms with Crippen molar-refractivity contribution in [3.05, 3.63) is 29.6 Å². The van der Waals surface area contributed by atoms with E-state index in [0.717, 1.165) is 37.5 Å². The van der Waals surface area contributed by atoms with E-state index in [9.17, 15) is 4.39 Å². The summed E-state index contributed by atoms with van der Waals surface area (Å²) in [5, 5.41) is 6.42. The average Bonchev–Trinajstić information content (AvgIpc) is 2.45. The minimum atomic E-state index is -0.357. The standard InChI is InChI=1S/C15H24FN3O.HI/c1-4-6-9-18-15(17-5-2)19-11-12-7-8-14(20-3)13(16)10-12;/h7-8,10H,4-6,9,11H2,1-3H3,(H2,17,18,19);1H. The number of nitrogens with zero attached hydrogens (tertiary/aromatic N) is 1. The quantitative estimate of drug-likeness (QED) is 0.315. The Labute approximate surface area is 143 Å². The zero-order valence-corrected chi connectivity index (χ0v) is 15.2. The largest absolute Gasteiger partial charge is 0.494 e. The number of nitrogens with one attached hydrogen (secondary N) is 2. The van der Waals surface area contributed by atoms with Gasteiger partial charge < -0.3 is 15.4 Å². The first-order valence-electron chi connectivity index (χ1n) is 7.05. The van der Waals surface area contributed by atoms with Crippen molar-refractivity contribution in [2.45, 2.75) is 33.2 Å². The van der Waals surface area contributed by atoms with Gasteiger partial charge in [-0.25, -0.2) is 9.38 Å². The Balaban J connectivity index is 0.00000400. The van der Waals surface area contributed by atoms with Crippen molar-refractivity contribution in [2.24, 2.45) is 4.99 Å². The van der Waals surface area contributed by atoms with Crippen LogP contribution >= 0.6 is 24.0 Å². The summed E-state index contributed by atoms with van der Waals surface area (Å²) in [5.41, 5.74) is 0.816. The molecule has 0 atom stereocenters. The number of guanidine groups is 1. The number of halogens is 2. The summed E-state index contributed by atoms with van der Waals surface area (Å²) in [6, 6.07) is 4.90. The number of rotatable bonds is 7. The number of unbranched alkanes of at least 4 members (excludes halogenated alkanes) is 1. The lowest BCUT2D eigenvalue weighted by atomic mass is 10.2. The molecule has 1 rings (SSSR count). The van der Waals surface area contributed by atoms with Crippen molar-refractivity contribution in [2.75, 3.05) is 20.2 Å². The molecule has 0 aliphatic rings. The molecule has 0 aliphatic heterocycles. The Kier molecular flexibility index (Phi) is 11.0. The summed E-state index contributed by atoms with van der Waals surface area (Å²) >= 11 is 0. The molecule has 0 amide bonds. The van der Waals surface area contributed by atoms with Gasteiger partial charge in [-0.1, -0.05) is 19.4 Å². The number of methoxy groups -OCH3 is 1. The molecule has 0 aromatic heterocycles. The second-order valence-corrected chi connectivity index (χ2v) is 4.44. The topological polar surface area (TPSA) is 45.7 Å². The highest BCUT2D eigenvalue weighted by atomic mass is 127. The third-order valence-electron chi connectivity index (χ3n) is 2.80. The van der Waals surface area contributed by atoms with E-state index in [2.05, 4.69) is 22.5 Å². The number of aliphatic imine (C=N–C) groups is 1. The molecule has 4 nitrogen and oxygen atoms in total. The van der Waals surface area contributed by atoms with E-state index in [1.165, 1.54) is 13.2 Å². The second kappa shape index (κ2) is 11.6. The van der Waals surface area contributed by atoms with Gasteiger partial charge in [0, 0.05) is 13.1 Å². The number of benzene rings is 1. The molecule has 0 saturated heterocycles. The molecule has 0 aliphatic carbocycles. The van der Waals surface area contributed by atoms with E-state index in [-0.39, 0.29) is 35.5 Å². The number of ether oxygens (including phenoxy) is 1. The van der Waals surface area contributed by atoms with E-state index >= 15 is 0 Å². The van der Waals surface area contributed by atoms with Gasteiger partial charge in [-0.15, -0.1) is 24.0 Å². The maximum Gasteiger partial charge on any atom is 0.191 e. The van der Waals surface area contributed by atoms with Crippen molar-refractivity contribution < 1.29 is 9.13 Å². The zero-order chi connectivity index (χ0) is 14.8. The van der Waals surface area contributed by atoms with Crippen LogP contribution in [0.5, 0.6) is 5.75 Å². The molecular weight excluding hydrogens is 384 g/mol. The molecular formula is C15H25FIN3O. The third-order valence-corrected chi connectivity index (χ3v) is 2.80. The monoisotopic (exact) mass is 409 g/mol. The predicted molar refractivity (Wildman–Crippen MR) is 96.1 cm³/mol. The predicted octanol–water partition coefficient (Wildman–Crippen LogP) is 3.31. The van der Waals surface area contributed by atoms with Crippen LogP contribution in [-0.2, 0) is 6.54 Å². The Bertz CT molecular complexity index is 441. The molecule has 21 heavy (non-hydrogen) atoms. The Hall–Kier alpha value is -1.05. The molecule has 2 N–H and O–H groups in total. The first kappa shape index (κ1) is 19.9. The van der Waals surface area contributed by atoms with Crippen LogP contribution in [0.2, 0.25) is 0 Å². The van der Waals surface area contributed by atoms with E-state index in [0.29, 0.717) is 6.54 Å². The molecule has 0 bridgehead atoms. The fourth-order valence-electron chi connectivity index (χ4n) is 1.70. The fourth-order valence-corrected chi connectivity index (χ4v) is 1.70. The molecule has 1 aromatic carbocycles. The fraction of sp³-hybridized carbons (Fsp3) is 0.533.